The third-order valence-electron chi connectivity index (χ3n) is 17.3. The Morgan fingerprint density at radius 3 is 1.93 bits per heavy atom. The molecular formula is C67H101N11O16. The van der Waals surface area contributed by atoms with E-state index in [1.54, 1.807) is 46.6 Å². The van der Waals surface area contributed by atoms with Gasteiger partial charge in [-0.05, 0) is 99.9 Å². The van der Waals surface area contributed by atoms with Gasteiger partial charge in [0.15, 0.2) is 0 Å². The summed E-state index contributed by atoms with van der Waals surface area (Å²) in [6, 6.07) is 8.18. The van der Waals surface area contributed by atoms with Crippen LogP contribution in [0.3, 0.4) is 0 Å². The van der Waals surface area contributed by atoms with E-state index in [1.165, 1.54) is 76.5 Å². The second kappa shape index (κ2) is 37.6. The number of alkyl carbamates (subject to hydrolysis) is 1. The first-order valence-corrected chi connectivity index (χ1v) is 32.3. The van der Waals surface area contributed by atoms with Crippen LogP contribution in [0.1, 0.15) is 138 Å². The summed E-state index contributed by atoms with van der Waals surface area (Å²) in [5.41, 5.74) is 11.2. The number of methoxy groups -OCH3 is 3. The minimum atomic E-state index is -1.64. The first-order chi connectivity index (χ1) is 44.5. The number of nitrogens with one attached hydrogen (secondary N) is 5. The number of nitrogens with two attached hydrogens (primary N) is 2. The molecular weight excluding hydrogens is 1210 g/mol. The highest BCUT2D eigenvalue weighted by Gasteiger charge is 2.44. The zero-order chi connectivity index (χ0) is 70.1. The van der Waals surface area contributed by atoms with E-state index in [0.29, 0.717) is 55.5 Å². The molecule has 4 rings (SSSR count). The number of carbonyl (C=O) groups excluding carboxylic acids is 12. The molecule has 2 aliphatic heterocycles. The van der Waals surface area contributed by atoms with Crippen molar-refractivity contribution >= 4 is 76.9 Å². The van der Waals surface area contributed by atoms with Crippen molar-refractivity contribution in [3.05, 3.63) is 77.9 Å². The molecule has 2 heterocycles. The molecule has 0 bridgehead atoms. The molecule has 520 valence electrons. The van der Waals surface area contributed by atoms with Gasteiger partial charge in [-0.2, -0.15) is 0 Å². The molecule has 2 aromatic rings. The molecule has 12 amide bonds. The number of imide groups is 2. The van der Waals surface area contributed by atoms with Crippen molar-refractivity contribution in [3.8, 4) is 0 Å². The van der Waals surface area contributed by atoms with Gasteiger partial charge in [0.05, 0.1) is 49.4 Å². The molecule has 0 radical (unpaired) electrons. The second-order valence-corrected chi connectivity index (χ2v) is 25.3. The fraction of sp³-hybridized carbons (Fsp3) is 0.612. The predicted octanol–water partition coefficient (Wildman–Crippen LogP) is 3.91. The van der Waals surface area contributed by atoms with E-state index in [-0.39, 0.29) is 81.1 Å². The van der Waals surface area contributed by atoms with Crippen LogP contribution in [0.4, 0.5) is 15.3 Å². The normalized spacial score (nSPS) is 16.8. The van der Waals surface area contributed by atoms with Gasteiger partial charge in [-0.3, -0.25) is 48.1 Å². The van der Waals surface area contributed by atoms with Crippen molar-refractivity contribution in [2.24, 2.45) is 35.1 Å². The molecule has 9 N–H and O–H groups in total. The molecule has 1 saturated heterocycles. The Balaban J connectivity index is 1.37. The number of amides is 12. The van der Waals surface area contributed by atoms with Crippen LogP contribution in [0.25, 0.3) is 0 Å². The zero-order valence-corrected chi connectivity index (χ0v) is 56.9. The van der Waals surface area contributed by atoms with Gasteiger partial charge in [-0.1, -0.05) is 104 Å². The number of esters is 1. The second-order valence-electron chi connectivity index (χ2n) is 25.3. The lowest BCUT2D eigenvalue weighted by molar-refractivity contribution is -0.149. The van der Waals surface area contributed by atoms with Gasteiger partial charge < -0.3 is 66.8 Å². The van der Waals surface area contributed by atoms with E-state index in [1.807, 2.05) is 44.2 Å². The van der Waals surface area contributed by atoms with Crippen LogP contribution < -0.4 is 43.0 Å². The first-order valence-electron chi connectivity index (χ1n) is 32.3. The van der Waals surface area contributed by atoms with Gasteiger partial charge in [-0.25, -0.2) is 19.3 Å². The van der Waals surface area contributed by atoms with E-state index in [4.69, 9.17) is 30.4 Å². The van der Waals surface area contributed by atoms with Crippen molar-refractivity contribution in [1.29, 1.82) is 0 Å². The number of likely N-dealkylation sites (N-methyl/N-ethyl adjacent to an activating group) is 1. The molecule has 94 heavy (non-hydrogen) atoms. The Labute approximate surface area is 552 Å². The standard InChI is InChI=1S/C67H101N11O16/c1-14-42(6)57(50(91-11)38-54(82)76-36-22-26-49(76)58(92-12)43(7)59(83)71-48(63(87)93-13)37-44-23-17-15-18-24-44)75(10)62(86)56(41(4)5)73-64(88)67(8,9)74-66(90)94-39-45-28-30-46(31-29-45)78(65(69)89)61(85)47(25-21-34-68)70-60(84)55(40(2)3)72-51(79)27-19-16-20-35-77-52(80)32-33-53(77)81/h15,17-18,23-24,28-33,40-43,47-50,55-58H,14,16,19-22,25-27,34-39,68H2,1-13H3,(H2,69,89)(H,70,84)(H,71,83)(H,72,79)(H,73,88)(H,74,90)/t42-,43+,47-,48-,49-,50+,55-,56-,57-,58+/m0/s1. The Morgan fingerprint density at radius 2 is 1.36 bits per heavy atom. The average molecular weight is 1320 g/mol. The quantitative estimate of drug-likeness (QED) is 0.0286. The summed E-state index contributed by atoms with van der Waals surface area (Å²) < 4.78 is 22.5. The summed E-state index contributed by atoms with van der Waals surface area (Å²) in [7, 11) is 5.80. The lowest BCUT2D eigenvalue weighted by atomic mass is 9.89. The third kappa shape index (κ3) is 22.2. The Morgan fingerprint density at radius 1 is 0.734 bits per heavy atom. The number of unbranched alkanes of at least 4 members (excludes halogenated alkanes) is 2. The zero-order valence-electron chi connectivity index (χ0n) is 56.9. The van der Waals surface area contributed by atoms with Crippen LogP contribution in [-0.2, 0) is 79.9 Å². The summed E-state index contributed by atoms with van der Waals surface area (Å²) in [6.45, 7) is 15.8. The first kappa shape index (κ1) is 78.1. The van der Waals surface area contributed by atoms with Crippen LogP contribution in [0.15, 0.2) is 66.7 Å². The molecule has 0 aromatic heterocycles. The van der Waals surface area contributed by atoms with Crippen LogP contribution in [0.2, 0.25) is 0 Å². The molecule has 2 aliphatic rings. The summed E-state index contributed by atoms with van der Waals surface area (Å²) in [5.74, 6) is -7.13. The fourth-order valence-electron chi connectivity index (χ4n) is 11.6. The van der Waals surface area contributed by atoms with E-state index in [2.05, 4.69) is 26.6 Å². The minimum absolute atomic E-state index is 0.0166. The van der Waals surface area contributed by atoms with Crippen molar-refractivity contribution < 1.29 is 76.5 Å². The van der Waals surface area contributed by atoms with E-state index in [9.17, 15) is 57.5 Å². The van der Waals surface area contributed by atoms with Crippen LogP contribution in [0.5, 0.6) is 0 Å². The number of nitrogens with zero attached hydrogens (tertiary/aromatic N) is 4. The number of benzene rings is 2. The maximum absolute atomic E-state index is 14.7. The number of anilines is 1. The molecule has 27 heteroatoms. The third-order valence-corrected chi connectivity index (χ3v) is 17.3. The van der Waals surface area contributed by atoms with Crippen LogP contribution >= 0.6 is 0 Å². The summed E-state index contributed by atoms with van der Waals surface area (Å²) in [6.07, 6.45) is 3.49. The number of carbonyl (C=O) groups is 12. The largest absolute Gasteiger partial charge is 0.467 e. The maximum Gasteiger partial charge on any atom is 0.408 e. The van der Waals surface area contributed by atoms with E-state index >= 15 is 0 Å². The van der Waals surface area contributed by atoms with Crippen LogP contribution in [0, 0.1) is 23.7 Å². The molecule has 0 aliphatic carbocycles. The molecule has 0 unspecified atom stereocenters. The highest BCUT2D eigenvalue weighted by Crippen LogP contribution is 2.30. The lowest BCUT2D eigenvalue weighted by Gasteiger charge is -2.41. The highest BCUT2D eigenvalue weighted by atomic mass is 16.5. The highest BCUT2D eigenvalue weighted by molar-refractivity contribution is 6.16. The fourth-order valence-corrected chi connectivity index (χ4v) is 11.6. The Kier molecular flexibility index (Phi) is 31.2. The molecule has 1 fully saturated rings. The van der Waals surface area contributed by atoms with Gasteiger partial charge in [0.25, 0.3) is 17.7 Å². The monoisotopic (exact) mass is 1320 g/mol. The van der Waals surface area contributed by atoms with E-state index < -0.39 is 125 Å². The minimum Gasteiger partial charge on any atom is -0.467 e. The van der Waals surface area contributed by atoms with Gasteiger partial charge in [0, 0.05) is 59.4 Å². The SMILES string of the molecule is CC[C@H](C)[C@@H]([C@@H](CC(=O)N1CCC[C@H]1[C@H](OC)[C@@H](C)C(=O)N[C@@H](Cc1ccccc1)C(=O)OC)OC)N(C)C(=O)[C@@H](NC(=O)C(C)(C)NC(=O)OCc1ccc(N(C(N)=O)C(=O)[C@H](CCCN)NC(=O)[C@@H](NC(=O)CCCCCN2C(=O)C=CC2=O)C(C)C)cc1)C(C)C. The van der Waals surface area contributed by atoms with E-state index in [0.717, 1.165) is 10.5 Å². The van der Waals surface area contributed by atoms with Crippen molar-refractivity contribution in [3.63, 3.8) is 0 Å². The number of ether oxygens (including phenoxy) is 4. The smallest absolute Gasteiger partial charge is 0.408 e. The number of hydrogen-bond acceptors (Lipinski definition) is 17. The average Bonchev–Trinajstić information content (AvgIpc) is 1.33. The lowest BCUT2D eigenvalue weighted by Crippen LogP contribution is -2.62. The predicted molar refractivity (Wildman–Crippen MR) is 349 cm³/mol. The van der Waals surface area contributed by atoms with Crippen molar-refractivity contribution in [2.75, 3.05) is 52.9 Å². The van der Waals surface area contributed by atoms with Gasteiger partial charge in [0.2, 0.25) is 35.4 Å². The summed E-state index contributed by atoms with van der Waals surface area (Å²) >= 11 is 0. The van der Waals surface area contributed by atoms with Crippen molar-refractivity contribution in [1.82, 2.24) is 41.3 Å². The summed E-state index contributed by atoms with van der Waals surface area (Å²) in [4.78, 5) is 166. The molecule has 2 aromatic carbocycles. The topological polar surface area (TPSA) is 367 Å². The number of likely N-dealkylation sites (tertiary alicyclic amines) is 1. The number of primary amides is 1. The molecule has 27 nitrogen and oxygen atoms in total. The van der Waals surface area contributed by atoms with Gasteiger partial charge in [0.1, 0.15) is 36.3 Å². The van der Waals surface area contributed by atoms with Crippen LogP contribution in [-0.4, -0.2) is 188 Å². The number of rotatable bonds is 37. The Bertz CT molecular complexity index is 2940. The molecule has 0 saturated carbocycles. The number of urea groups is 1. The van der Waals surface area contributed by atoms with Crippen molar-refractivity contribution in [2.45, 2.75) is 194 Å². The Hall–Kier alpha value is -8.30. The van der Waals surface area contributed by atoms with Gasteiger partial charge in [-0.15, -0.1) is 0 Å². The molecule has 0 spiro atoms. The van der Waals surface area contributed by atoms with Gasteiger partial charge >= 0.3 is 18.1 Å². The molecule has 10 atom stereocenters. The number of hydrogen-bond donors (Lipinski definition) is 7. The summed E-state index contributed by atoms with van der Waals surface area (Å²) in [5, 5.41) is 13.6. The maximum atomic E-state index is 14.7.